The highest BCUT2D eigenvalue weighted by atomic mass is 16.2. The van der Waals surface area contributed by atoms with E-state index >= 15 is 0 Å². The van der Waals surface area contributed by atoms with Crippen molar-refractivity contribution in [1.82, 2.24) is 9.47 Å². The number of hydrogen-bond acceptors (Lipinski definition) is 4. The van der Waals surface area contributed by atoms with Crippen LogP contribution in [-0.2, 0) is 16.1 Å². The molecule has 6 heteroatoms. The molecule has 1 aliphatic carbocycles. The second kappa shape index (κ2) is 4.44. The summed E-state index contributed by atoms with van der Waals surface area (Å²) in [6, 6.07) is 2.97. The summed E-state index contributed by atoms with van der Waals surface area (Å²) in [4.78, 5) is 37.3. The van der Waals surface area contributed by atoms with Crippen LogP contribution in [0.2, 0.25) is 0 Å². The Bertz CT molecular complexity index is 653. The Hall–Kier alpha value is -2.11. The first-order chi connectivity index (χ1) is 9.84. The van der Waals surface area contributed by atoms with Gasteiger partial charge in [-0.2, -0.15) is 0 Å². The van der Waals surface area contributed by atoms with E-state index in [0.717, 1.165) is 0 Å². The molecule has 2 unspecified atom stereocenters. The largest absolute Gasteiger partial charge is 0.398 e. The van der Waals surface area contributed by atoms with Gasteiger partial charge in [0.05, 0.1) is 11.8 Å². The number of piperidine rings is 1. The zero-order valence-corrected chi connectivity index (χ0v) is 12.2. The minimum Gasteiger partial charge on any atom is -0.398 e. The maximum absolute atomic E-state index is 12.2. The summed E-state index contributed by atoms with van der Waals surface area (Å²) in [5, 5.41) is 0. The number of hydrogen-bond donors (Lipinski definition) is 1. The number of pyridine rings is 1. The third kappa shape index (κ3) is 2.05. The van der Waals surface area contributed by atoms with E-state index in [4.69, 9.17) is 5.73 Å². The van der Waals surface area contributed by atoms with Crippen LogP contribution in [0.5, 0.6) is 0 Å². The number of rotatable bonds is 4. The Kier molecular flexibility index (Phi) is 2.93. The lowest BCUT2D eigenvalue weighted by molar-refractivity contribution is -0.143. The number of aryl methyl sites for hydroxylation is 1. The molecule has 1 saturated heterocycles. The van der Waals surface area contributed by atoms with Crippen LogP contribution in [-0.4, -0.2) is 27.8 Å². The Balaban J connectivity index is 1.60. The van der Waals surface area contributed by atoms with Gasteiger partial charge >= 0.3 is 0 Å². The summed E-state index contributed by atoms with van der Waals surface area (Å²) < 4.78 is 1.50. The molecule has 1 aliphatic heterocycles. The summed E-state index contributed by atoms with van der Waals surface area (Å²) in [5.74, 6) is -0.398. The van der Waals surface area contributed by atoms with Crippen LogP contribution in [0, 0.1) is 17.3 Å². The smallest absolute Gasteiger partial charge is 0.250 e. The van der Waals surface area contributed by atoms with E-state index in [1.807, 2.05) is 13.8 Å². The molecule has 2 amide bonds. The van der Waals surface area contributed by atoms with E-state index in [2.05, 4.69) is 0 Å². The summed E-state index contributed by atoms with van der Waals surface area (Å²) in [6.07, 6.45) is 2.14. The number of nitrogen functional groups attached to an aromatic ring is 1. The van der Waals surface area contributed by atoms with Gasteiger partial charge in [0, 0.05) is 31.0 Å². The molecule has 2 N–H and O–H groups in total. The Morgan fingerprint density at radius 3 is 2.33 bits per heavy atom. The number of nitrogens with zero attached hydrogens (tertiary/aromatic N) is 2. The lowest BCUT2D eigenvalue weighted by atomic mass is 10.1. The molecule has 2 heterocycles. The fraction of sp³-hybridized carbons (Fsp3) is 0.533. The molecule has 1 aromatic heterocycles. The van der Waals surface area contributed by atoms with Crippen LogP contribution in [0.4, 0.5) is 5.69 Å². The van der Waals surface area contributed by atoms with Crippen molar-refractivity contribution in [3.05, 3.63) is 28.7 Å². The lowest BCUT2D eigenvalue weighted by Crippen LogP contribution is -2.37. The second-order valence-corrected chi connectivity index (χ2v) is 6.45. The van der Waals surface area contributed by atoms with Crippen molar-refractivity contribution < 1.29 is 9.59 Å². The molecule has 0 bridgehead atoms. The van der Waals surface area contributed by atoms with Gasteiger partial charge in [0.1, 0.15) is 0 Å². The SMILES string of the molecule is CC1(C)C2C(=O)N(CCCn3cc(N)ccc3=O)C(=O)C21. The van der Waals surface area contributed by atoms with Crippen molar-refractivity contribution in [2.24, 2.45) is 17.3 Å². The highest BCUT2D eigenvalue weighted by Gasteiger charge is 2.72. The van der Waals surface area contributed by atoms with Gasteiger partial charge in [-0.1, -0.05) is 13.8 Å². The van der Waals surface area contributed by atoms with Gasteiger partial charge in [0.15, 0.2) is 0 Å². The van der Waals surface area contributed by atoms with Gasteiger partial charge in [-0.3, -0.25) is 19.3 Å². The maximum atomic E-state index is 12.2. The number of anilines is 1. The van der Waals surface area contributed by atoms with Crippen LogP contribution < -0.4 is 11.3 Å². The molecular formula is C15H19N3O3. The molecule has 0 aromatic carbocycles. The predicted octanol–water partition coefficient (Wildman–Crippen LogP) is 0.462. The van der Waals surface area contributed by atoms with Crippen LogP contribution in [0.15, 0.2) is 23.1 Å². The Morgan fingerprint density at radius 1 is 1.10 bits per heavy atom. The first-order valence-corrected chi connectivity index (χ1v) is 7.15. The standard InChI is InChI=1S/C15H19N3O3/c1-15(2)11-12(15)14(21)18(13(11)20)7-3-6-17-8-9(16)4-5-10(17)19/h4-5,8,11-12H,3,6-7,16H2,1-2H3. The van der Waals surface area contributed by atoms with Crippen molar-refractivity contribution in [1.29, 1.82) is 0 Å². The Labute approximate surface area is 122 Å². The van der Waals surface area contributed by atoms with Crippen molar-refractivity contribution in [2.45, 2.75) is 26.8 Å². The molecular weight excluding hydrogens is 270 g/mol. The highest BCUT2D eigenvalue weighted by Crippen LogP contribution is 2.63. The number of fused-ring (bicyclic) bond motifs is 1. The highest BCUT2D eigenvalue weighted by molar-refractivity contribution is 6.10. The van der Waals surface area contributed by atoms with Crippen molar-refractivity contribution in [3.63, 3.8) is 0 Å². The molecule has 3 rings (SSSR count). The number of likely N-dealkylation sites (tertiary alicyclic amines) is 1. The minimum atomic E-state index is -0.171. The fourth-order valence-corrected chi connectivity index (χ4v) is 3.35. The summed E-state index contributed by atoms with van der Waals surface area (Å²) in [5.41, 5.74) is 5.86. The number of carbonyl (C=O) groups excluding carboxylic acids is 2. The number of nitrogens with two attached hydrogens (primary N) is 1. The molecule has 21 heavy (non-hydrogen) atoms. The quantitative estimate of drug-likeness (QED) is 0.816. The van der Waals surface area contributed by atoms with Crippen LogP contribution in [0.3, 0.4) is 0 Å². The summed E-state index contributed by atoms with van der Waals surface area (Å²) >= 11 is 0. The van der Waals surface area contributed by atoms with Gasteiger partial charge in [-0.15, -0.1) is 0 Å². The van der Waals surface area contributed by atoms with E-state index in [1.54, 1.807) is 12.3 Å². The molecule has 0 radical (unpaired) electrons. The zero-order valence-electron chi connectivity index (χ0n) is 12.2. The van der Waals surface area contributed by atoms with Crippen molar-refractivity contribution in [2.75, 3.05) is 12.3 Å². The van der Waals surface area contributed by atoms with E-state index in [-0.39, 0.29) is 34.6 Å². The molecule has 2 atom stereocenters. The molecule has 0 spiro atoms. The second-order valence-electron chi connectivity index (χ2n) is 6.45. The first kappa shape index (κ1) is 13.9. The van der Waals surface area contributed by atoms with Crippen LogP contribution in [0.1, 0.15) is 20.3 Å². The molecule has 1 aromatic rings. The summed E-state index contributed by atoms with van der Waals surface area (Å²) in [7, 11) is 0. The maximum Gasteiger partial charge on any atom is 0.250 e. The van der Waals surface area contributed by atoms with E-state index < -0.39 is 0 Å². The molecule has 6 nitrogen and oxygen atoms in total. The van der Waals surface area contributed by atoms with Crippen LogP contribution in [0.25, 0.3) is 0 Å². The van der Waals surface area contributed by atoms with Gasteiger partial charge in [-0.25, -0.2) is 0 Å². The van der Waals surface area contributed by atoms with Crippen molar-refractivity contribution in [3.8, 4) is 0 Å². The molecule has 112 valence electrons. The average molecular weight is 289 g/mol. The van der Waals surface area contributed by atoms with Gasteiger partial charge < -0.3 is 10.3 Å². The monoisotopic (exact) mass is 289 g/mol. The lowest BCUT2D eigenvalue weighted by Gasteiger charge is -2.20. The molecule has 1 saturated carbocycles. The normalized spacial score (nSPS) is 26.1. The molecule has 2 fully saturated rings. The average Bonchev–Trinajstić information content (AvgIpc) is 2.88. The van der Waals surface area contributed by atoms with Gasteiger partial charge in [0.2, 0.25) is 11.8 Å². The number of imide groups is 1. The predicted molar refractivity (Wildman–Crippen MR) is 77.2 cm³/mol. The summed E-state index contributed by atoms with van der Waals surface area (Å²) in [6.45, 7) is 4.73. The number of amides is 2. The molecule has 2 aliphatic rings. The van der Waals surface area contributed by atoms with Crippen LogP contribution >= 0.6 is 0 Å². The van der Waals surface area contributed by atoms with Crippen molar-refractivity contribution >= 4 is 17.5 Å². The van der Waals surface area contributed by atoms with E-state index in [0.29, 0.717) is 25.2 Å². The number of aromatic nitrogens is 1. The van der Waals surface area contributed by atoms with Gasteiger partial charge in [0.25, 0.3) is 5.56 Å². The van der Waals surface area contributed by atoms with E-state index in [1.165, 1.54) is 15.5 Å². The zero-order chi connectivity index (χ0) is 15.4. The van der Waals surface area contributed by atoms with E-state index in [9.17, 15) is 14.4 Å². The van der Waals surface area contributed by atoms with Gasteiger partial charge in [-0.05, 0) is 17.9 Å². The fourth-order valence-electron chi connectivity index (χ4n) is 3.35. The third-order valence-electron chi connectivity index (χ3n) is 4.68. The number of carbonyl (C=O) groups is 2. The first-order valence-electron chi connectivity index (χ1n) is 7.15. The topological polar surface area (TPSA) is 85.4 Å². The Morgan fingerprint density at radius 2 is 1.71 bits per heavy atom. The minimum absolute atomic E-state index is 0.0603. The third-order valence-corrected chi connectivity index (χ3v) is 4.68.